The minimum atomic E-state index is -5.04. The van der Waals surface area contributed by atoms with Gasteiger partial charge in [-0.3, -0.25) is 14.7 Å². The molecule has 4 aromatic rings. The normalized spacial score (nSPS) is 16.8. The Labute approximate surface area is 238 Å². The fourth-order valence-electron chi connectivity index (χ4n) is 5.22. The van der Waals surface area contributed by atoms with E-state index in [4.69, 9.17) is 0 Å². The quantitative estimate of drug-likeness (QED) is 0.223. The molecule has 0 unspecified atom stereocenters. The van der Waals surface area contributed by atoms with Crippen LogP contribution in [0, 0.1) is 0 Å². The van der Waals surface area contributed by atoms with Crippen LogP contribution in [-0.4, -0.2) is 52.9 Å². The van der Waals surface area contributed by atoms with Gasteiger partial charge in [0.25, 0.3) is 5.91 Å². The van der Waals surface area contributed by atoms with Gasteiger partial charge in [-0.1, -0.05) is 60.7 Å². The average molecular weight is 584 g/mol. The number of nitrogens with zero attached hydrogens (tertiary/aromatic N) is 3. The Morgan fingerprint density at radius 2 is 1.57 bits per heavy atom. The van der Waals surface area contributed by atoms with E-state index in [2.05, 4.69) is 9.88 Å². The molecule has 0 aliphatic carbocycles. The Bertz CT molecular complexity index is 1550. The van der Waals surface area contributed by atoms with Crippen LogP contribution in [0.2, 0.25) is 0 Å². The SMILES string of the molecule is O=C(c1cc(C(F)(F)F)cc(C(F)(F)F)c1)N1CCN(CC=Cc2cccnc2)C[C@H]1Cc1ccc2ccccc2c1. The molecule has 1 aromatic heterocycles. The summed E-state index contributed by atoms with van der Waals surface area (Å²) in [6, 6.07) is 17.9. The molecule has 0 saturated carbocycles. The Morgan fingerprint density at radius 3 is 2.24 bits per heavy atom. The minimum Gasteiger partial charge on any atom is -0.333 e. The number of hydrogen-bond donors (Lipinski definition) is 0. The predicted octanol–water partition coefficient (Wildman–Crippen LogP) is 7.35. The third-order valence-electron chi connectivity index (χ3n) is 7.31. The van der Waals surface area contributed by atoms with Gasteiger partial charge in [0.15, 0.2) is 0 Å². The van der Waals surface area contributed by atoms with E-state index in [1.165, 1.54) is 4.90 Å². The number of rotatable bonds is 6. The second-order valence-electron chi connectivity index (χ2n) is 10.3. The lowest BCUT2D eigenvalue weighted by molar-refractivity contribution is -0.143. The summed E-state index contributed by atoms with van der Waals surface area (Å²) in [5.41, 5.74) is -1.82. The molecule has 1 atom stereocenters. The van der Waals surface area contributed by atoms with Gasteiger partial charge in [-0.25, -0.2) is 0 Å². The van der Waals surface area contributed by atoms with Gasteiger partial charge in [0, 0.05) is 50.2 Å². The molecule has 1 saturated heterocycles. The van der Waals surface area contributed by atoms with Gasteiger partial charge in [0.2, 0.25) is 0 Å². The molecule has 1 amide bonds. The molecule has 3 aromatic carbocycles. The third-order valence-corrected chi connectivity index (χ3v) is 7.31. The summed E-state index contributed by atoms with van der Waals surface area (Å²) in [6.45, 7) is 1.49. The summed E-state index contributed by atoms with van der Waals surface area (Å²) >= 11 is 0. The number of hydrogen-bond acceptors (Lipinski definition) is 3. The molecule has 218 valence electrons. The highest BCUT2D eigenvalue weighted by Crippen LogP contribution is 2.37. The zero-order valence-corrected chi connectivity index (χ0v) is 22.4. The first kappa shape index (κ1) is 29.3. The van der Waals surface area contributed by atoms with Crippen LogP contribution in [0.4, 0.5) is 26.3 Å². The smallest absolute Gasteiger partial charge is 0.333 e. The first-order chi connectivity index (χ1) is 20.0. The fourth-order valence-corrected chi connectivity index (χ4v) is 5.22. The monoisotopic (exact) mass is 583 g/mol. The molecule has 5 rings (SSSR count). The highest BCUT2D eigenvalue weighted by Gasteiger charge is 2.39. The highest BCUT2D eigenvalue weighted by molar-refractivity contribution is 5.95. The van der Waals surface area contributed by atoms with Crippen LogP contribution in [-0.2, 0) is 18.8 Å². The van der Waals surface area contributed by atoms with E-state index in [1.54, 1.807) is 12.4 Å². The lowest BCUT2D eigenvalue weighted by Crippen LogP contribution is -2.56. The van der Waals surface area contributed by atoms with E-state index in [0.29, 0.717) is 38.2 Å². The number of carbonyl (C=O) groups is 1. The van der Waals surface area contributed by atoms with Crippen molar-refractivity contribution in [3.63, 3.8) is 0 Å². The van der Waals surface area contributed by atoms with Crippen LogP contribution in [0.3, 0.4) is 0 Å². The molecule has 42 heavy (non-hydrogen) atoms. The molecular formula is C32H27F6N3O. The van der Waals surface area contributed by atoms with Gasteiger partial charge in [0.1, 0.15) is 0 Å². The van der Waals surface area contributed by atoms with Crippen molar-refractivity contribution in [2.24, 2.45) is 0 Å². The van der Waals surface area contributed by atoms with E-state index in [1.807, 2.05) is 66.7 Å². The summed E-state index contributed by atoms with van der Waals surface area (Å²) < 4.78 is 81.1. The number of benzene rings is 3. The molecule has 0 bridgehead atoms. The molecule has 2 heterocycles. The Kier molecular flexibility index (Phi) is 8.36. The van der Waals surface area contributed by atoms with E-state index < -0.39 is 41.0 Å². The van der Waals surface area contributed by atoms with Crippen molar-refractivity contribution in [2.75, 3.05) is 26.2 Å². The second-order valence-corrected chi connectivity index (χ2v) is 10.3. The van der Waals surface area contributed by atoms with Gasteiger partial charge in [-0.15, -0.1) is 0 Å². The van der Waals surface area contributed by atoms with Crippen molar-refractivity contribution >= 4 is 22.8 Å². The lowest BCUT2D eigenvalue weighted by atomic mass is 9.97. The molecule has 0 N–H and O–H groups in total. The maximum Gasteiger partial charge on any atom is 0.416 e. The van der Waals surface area contributed by atoms with E-state index in [9.17, 15) is 31.1 Å². The number of fused-ring (bicyclic) bond motifs is 1. The van der Waals surface area contributed by atoms with Gasteiger partial charge < -0.3 is 4.90 Å². The standard InChI is InChI=1S/C32H27F6N3O/c33-31(34,35)27-17-26(18-28(19-27)32(36,37)38)30(42)41-14-13-40(12-4-6-22-5-3-11-39-20-22)21-29(41)16-23-9-10-24-7-1-2-8-25(24)15-23/h1-11,15,17-20,29H,12-14,16,21H2/t29-/m1/s1. The van der Waals surface area contributed by atoms with Gasteiger partial charge in [-0.05, 0) is 52.6 Å². The second kappa shape index (κ2) is 12.0. The molecule has 0 radical (unpaired) electrons. The molecule has 0 spiro atoms. The molecule has 4 nitrogen and oxygen atoms in total. The van der Waals surface area contributed by atoms with Crippen molar-refractivity contribution in [1.82, 2.24) is 14.8 Å². The lowest BCUT2D eigenvalue weighted by Gasteiger charge is -2.41. The van der Waals surface area contributed by atoms with Crippen molar-refractivity contribution in [1.29, 1.82) is 0 Å². The van der Waals surface area contributed by atoms with Crippen LogP contribution in [0.5, 0.6) is 0 Å². The van der Waals surface area contributed by atoms with E-state index in [0.717, 1.165) is 21.9 Å². The minimum absolute atomic E-state index is 0.0376. The number of alkyl halides is 6. The number of carbonyl (C=O) groups excluding carboxylic acids is 1. The zero-order chi connectivity index (χ0) is 29.9. The molecule has 1 aliphatic rings. The van der Waals surface area contributed by atoms with Crippen LogP contribution in [0.25, 0.3) is 16.8 Å². The first-order valence-electron chi connectivity index (χ1n) is 13.3. The van der Waals surface area contributed by atoms with Crippen molar-refractivity contribution < 1.29 is 31.1 Å². The maximum absolute atomic E-state index is 13.6. The van der Waals surface area contributed by atoms with Crippen molar-refractivity contribution in [3.8, 4) is 0 Å². The summed E-state index contributed by atoms with van der Waals surface area (Å²) in [5, 5.41) is 2.02. The third kappa shape index (κ3) is 6.99. The van der Waals surface area contributed by atoms with Gasteiger partial charge in [0.05, 0.1) is 11.1 Å². The van der Waals surface area contributed by atoms with E-state index >= 15 is 0 Å². The van der Waals surface area contributed by atoms with Crippen molar-refractivity contribution in [2.45, 2.75) is 24.8 Å². The summed E-state index contributed by atoms with van der Waals surface area (Å²) in [4.78, 5) is 21.2. The number of amides is 1. The number of pyridine rings is 1. The Hall–Kier alpha value is -4.18. The van der Waals surface area contributed by atoms with Gasteiger partial charge in [-0.2, -0.15) is 26.3 Å². The average Bonchev–Trinajstić information content (AvgIpc) is 2.96. The highest BCUT2D eigenvalue weighted by atomic mass is 19.4. The zero-order valence-electron chi connectivity index (χ0n) is 22.4. The molecule has 10 heteroatoms. The Balaban J connectivity index is 1.44. The maximum atomic E-state index is 13.6. The first-order valence-corrected chi connectivity index (χ1v) is 13.3. The predicted molar refractivity (Wildman–Crippen MR) is 149 cm³/mol. The van der Waals surface area contributed by atoms with Gasteiger partial charge >= 0.3 is 12.4 Å². The summed E-state index contributed by atoms with van der Waals surface area (Å²) in [5.74, 6) is -0.858. The van der Waals surface area contributed by atoms with Crippen LogP contribution in [0.15, 0.2) is 91.3 Å². The number of halogens is 6. The van der Waals surface area contributed by atoms with Crippen LogP contribution >= 0.6 is 0 Å². The van der Waals surface area contributed by atoms with Crippen LogP contribution < -0.4 is 0 Å². The van der Waals surface area contributed by atoms with Crippen LogP contribution in [0.1, 0.15) is 32.6 Å². The number of aromatic nitrogens is 1. The van der Waals surface area contributed by atoms with Crippen molar-refractivity contribution in [3.05, 3.63) is 119 Å². The van der Waals surface area contributed by atoms with E-state index in [-0.39, 0.29) is 12.6 Å². The number of piperazine rings is 1. The summed E-state index contributed by atoms with van der Waals surface area (Å²) in [6.07, 6.45) is -2.42. The fraction of sp³-hybridized carbons (Fsp3) is 0.250. The Morgan fingerprint density at radius 1 is 0.857 bits per heavy atom. The molecule has 1 fully saturated rings. The molecule has 1 aliphatic heterocycles. The topological polar surface area (TPSA) is 36.4 Å². The molecular weight excluding hydrogens is 556 g/mol. The summed E-state index contributed by atoms with van der Waals surface area (Å²) in [7, 11) is 0. The largest absolute Gasteiger partial charge is 0.416 e.